The van der Waals surface area contributed by atoms with Gasteiger partial charge in [-0.25, -0.2) is 0 Å². The van der Waals surface area contributed by atoms with E-state index in [9.17, 15) is 0 Å². The first-order chi connectivity index (χ1) is 4.46. The Bertz CT molecular complexity index is 164. The third-order valence-corrected chi connectivity index (χ3v) is 2.51. The molecule has 0 unspecified atom stereocenters. The lowest BCUT2D eigenvalue weighted by atomic mass is 10.1. The summed E-state index contributed by atoms with van der Waals surface area (Å²) in [5, 5.41) is 0. The second-order valence-electron chi connectivity index (χ2n) is 4.12. The maximum absolute atomic E-state index is 5.85. The third kappa shape index (κ3) is 1.10. The highest BCUT2D eigenvalue weighted by atomic mass is 14.8. The van der Waals surface area contributed by atoms with Gasteiger partial charge in [0, 0.05) is 6.04 Å². The van der Waals surface area contributed by atoms with E-state index in [1.165, 1.54) is 5.57 Å². The van der Waals surface area contributed by atoms with Crippen molar-refractivity contribution in [2.75, 3.05) is 0 Å². The molecule has 1 fully saturated rings. The summed E-state index contributed by atoms with van der Waals surface area (Å²) >= 11 is 0. The minimum Gasteiger partial charge on any atom is -0.327 e. The summed E-state index contributed by atoms with van der Waals surface area (Å²) in [5.41, 5.74) is 7.59. The standard InChI is InChI=1S/C9H17N/c1-6(2)5-7-8(10)9(7,3)4/h5,7-8H,10H2,1-4H3/t7-,8+/m1/s1. The van der Waals surface area contributed by atoms with Crippen LogP contribution in [0.5, 0.6) is 0 Å². The first-order valence-corrected chi connectivity index (χ1v) is 3.87. The van der Waals surface area contributed by atoms with Crippen molar-refractivity contribution in [3.8, 4) is 0 Å². The molecule has 0 aliphatic heterocycles. The Hall–Kier alpha value is -0.300. The average Bonchev–Trinajstić information content (AvgIpc) is 2.17. The van der Waals surface area contributed by atoms with Gasteiger partial charge in [0.15, 0.2) is 0 Å². The largest absolute Gasteiger partial charge is 0.327 e. The first-order valence-electron chi connectivity index (χ1n) is 3.87. The summed E-state index contributed by atoms with van der Waals surface area (Å²) in [6, 6.07) is 0.391. The fourth-order valence-corrected chi connectivity index (χ4v) is 1.40. The molecule has 0 spiro atoms. The van der Waals surface area contributed by atoms with Crippen molar-refractivity contribution in [1.29, 1.82) is 0 Å². The highest BCUT2D eigenvalue weighted by molar-refractivity contribution is 5.19. The van der Waals surface area contributed by atoms with Crippen LogP contribution in [0.4, 0.5) is 0 Å². The molecule has 0 saturated heterocycles. The molecular formula is C9H17N. The molecule has 10 heavy (non-hydrogen) atoms. The molecule has 1 rings (SSSR count). The van der Waals surface area contributed by atoms with Crippen molar-refractivity contribution in [2.24, 2.45) is 17.1 Å². The van der Waals surface area contributed by atoms with Crippen LogP contribution in [-0.4, -0.2) is 6.04 Å². The van der Waals surface area contributed by atoms with Crippen LogP contribution in [0.15, 0.2) is 11.6 Å². The lowest BCUT2D eigenvalue weighted by Gasteiger charge is -1.96. The van der Waals surface area contributed by atoms with E-state index in [4.69, 9.17) is 5.73 Å². The Labute approximate surface area is 63.3 Å². The average molecular weight is 139 g/mol. The molecule has 1 saturated carbocycles. The third-order valence-electron chi connectivity index (χ3n) is 2.51. The van der Waals surface area contributed by atoms with Gasteiger partial charge in [0.05, 0.1) is 0 Å². The molecule has 58 valence electrons. The zero-order valence-corrected chi connectivity index (χ0v) is 7.31. The lowest BCUT2D eigenvalue weighted by Crippen LogP contribution is -2.06. The van der Waals surface area contributed by atoms with Crippen LogP contribution in [0.3, 0.4) is 0 Å². The molecule has 1 aliphatic carbocycles. The van der Waals surface area contributed by atoms with Crippen molar-refractivity contribution in [3.63, 3.8) is 0 Å². The topological polar surface area (TPSA) is 26.0 Å². The van der Waals surface area contributed by atoms with E-state index in [0.717, 1.165) is 0 Å². The Kier molecular flexibility index (Phi) is 1.63. The normalized spacial score (nSPS) is 35.3. The van der Waals surface area contributed by atoms with Crippen LogP contribution < -0.4 is 5.73 Å². The van der Waals surface area contributed by atoms with Gasteiger partial charge in [0.2, 0.25) is 0 Å². The second-order valence-corrected chi connectivity index (χ2v) is 4.12. The van der Waals surface area contributed by atoms with Crippen molar-refractivity contribution in [2.45, 2.75) is 33.7 Å². The summed E-state index contributed by atoms with van der Waals surface area (Å²) in [7, 11) is 0. The van der Waals surface area contributed by atoms with Crippen LogP contribution in [-0.2, 0) is 0 Å². The number of hydrogen-bond donors (Lipinski definition) is 1. The molecule has 1 aliphatic rings. The molecule has 0 aromatic heterocycles. The fourth-order valence-electron chi connectivity index (χ4n) is 1.40. The van der Waals surface area contributed by atoms with Gasteiger partial charge in [0.1, 0.15) is 0 Å². The summed E-state index contributed by atoms with van der Waals surface area (Å²) < 4.78 is 0. The Morgan fingerprint density at radius 2 is 1.80 bits per heavy atom. The molecule has 1 nitrogen and oxygen atoms in total. The summed E-state index contributed by atoms with van der Waals surface area (Å²) in [5.74, 6) is 0.623. The smallest absolute Gasteiger partial charge is 0.0166 e. The number of hydrogen-bond acceptors (Lipinski definition) is 1. The van der Waals surface area contributed by atoms with E-state index >= 15 is 0 Å². The van der Waals surface area contributed by atoms with E-state index in [2.05, 4.69) is 33.8 Å². The van der Waals surface area contributed by atoms with Gasteiger partial charge >= 0.3 is 0 Å². The fraction of sp³-hybridized carbons (Fsp3) is 0.778. The second kappa shape index (κ2) is 2.09. The zero-order chi connectivity index (χ0) is 7.94. The van der Waals surface area contributed by atoms with Crippen LogP contribution in [0.1, 0.15) is 27.7 Å². The summed E-state index contributed by atoms with van der Waals surface area (Å²) in [6.45, 7) is 8.70. The van der Waals surface area contributed by atoms with E-state index in [-0.39, 0.29) is 0 Å². The van der Waals surface area contributed by atoms with E-state index in [1.807, 2.05) is 0 Å². The minimum atomic E-state index is 0.358. The number of allylic oxidation sites excluding steroid dienone is 1. The molecule has 0 aromatic rings. The monoisotopic (exact) mass is 139 g/mol. The molecule has 1 heteroatoms. The van der Waals surface area contributed by atoms with Crippen molar-refractivity contribution < 1.29 is 0 Å². The Morgan fingerprint density at radius 1 is 1.40 bits per heavy atom. The van der Waals surface area contributed by atoms with Gasteiger partial charge in [-0.05, 0) is 25.2 Å². The minimum absolute atomic E-state index is 0.358. The summed E-state index contributed by atoms with van der Waals surface area (Å²) in [4.78, 5) is 0. The van der Waals surface area contributed by atoms with Crippen molar-refractivity contribution in [3.05, 3.63) is 11.6 Å². The van der Waals surface area contributed by atoms with E-state index < -0.39 is 0 Å². The van der Waals surface area contributed by atoms with Crippen LogP contribution in [0.2, 0.25) is 0 Å². The van der Waals surface area contributed by atoms with Crippen LogP contribution in [0.25, 0.3) is 0 Å². The van der Waals surface area contributed by atoms with Crippen LogP contribution >= 0.6 is 0 Å². The Morgan fingerprint density at radius 3 is 1.90 bits per heavy atom. The molecule has 0 amide bonds. The Balaban J connectivity index is 2.58. The van der Waals surface area contributed by atoms with Gasteiger partial charge in [-0.3, -0.25) is 0 Å². The van der Waals surface area contributed by atoms with Gasteiger partial charge in [-0.2, -0.15) is 0 Å². The molecule has 0 bridgehead atoms. The predicted octanol–water partition coefficient (Wildman–Crippen LogP) is 1.94. The molecule has 0 radical (unpaired) electrons. The van der Waals surface area contributed by atoms with Gasteiger partial charge < -0.3 is 5.73 Å². The SMILES string of the molecule is CC(C)=C[C@@H]1[C@H](N)C1(C)C. The van der Waals surface area contributed by atoms with E-state index in [0.29, 0.717) is 17.4 Å². The number of rotatable bonds is 1. The highest BCUT2D eigenvalue weighted by Gasteiger charge is 2.53. The molecule has 2 atom stereocenters. The predicted molar refractivity (Wildman–Crippen MR) is 44.7 cm³/mol. The first kappa shape index (κ1) is 7.80. The summed E-state index contributed by atoms with van der Waals surface area (Å²) in [6.07, 6.45) is 2.28. The lowest BCUT2D eigenvalue weighted by molar-refractivity contribution is 0.590. The molecular weight excluding hydrogens is 122 g/mol. The molecule has 0 aromatic carbocycles. The van der Waals surface area contributed by atoms with Crippen molar-refractivity contribution >= 4 is 0 Å². The number of nitrogens with two attached hydrogens (primary N) is 1. The highest BCUT2D eigenvalue weighted by Crippen LogP contribution is 2.51. The zero-order valence-electron chi connectivity index (χ0n) is 7.31. The van der Waals surface area contributed by atoms with Gasteiger partial charge in [0.25, 0.3) is 0 Å². The van der Waals surface area contributed by atoms with Crippen LogP contribution in [0, 0.1) is 11.3 Å². The quantitative estimate of drug-likeness (QED) is 0.552. The molecule has 0 heterocycles. The maximum atomic E-state index is 5.85. The van der Waals surface area contributed by atoms with E-state index in [1.54, 1.807) is 0 Å². The maximum Gasteiger partial charge on any atom is 0.0166 e. The molecule has 2 N–H and O–H groups in total. The van der Waals surface area contributed by atoms with Gasteiger partial charge in [-0.1, -0.05) is 25.5 Å². The van der Waals surface area contributed by atoms with Crippen molar-refractivity contribution in [1.82, 2.24) is 0 Å². The van der Waals surface area contributed by atoms with Gasteiger partial charge in [-0.15, -0.1) is 0 Å².